The van der Waals surface area contributed by atoms with E-state index >= 15 is 0 Å². The molecule has 0 atom stereocenters. The van der Waals surface area contributed by atoms with Crippen LogP contribution >= 0.6 is 0 Å². The van der Waals surface area contributed by atoms with Crippen LogP contribution in [0.5, 0.6) is 0 Å². The third kappa shape index (κ3) is 3.67. The first-order valence-electron chi connectivity index (χ1n) is 5.88. The van der Waals surface area contributed by atoms with E-state index in [1.54, 1.807) is 14.2 Å². The molecule has 0 N–H and O–H groups in total. The lowest BCUT2D eigenvalue weighted by Crippen LogP contribution is -2.53. The van der Waals surface area contributed by atoms with E-state index < -0.39 is 17.1 Å². The highest BCUT2D eigenvalue weighted by Gasteiger charge is 2.44. The quantitative estimate of drug-likeness (QED) is 0.619. The summed E-state index contributed by atoms with van der Waals surface area (Å²) in [6, 6.07) is 4.28. The van der Waals surface area contributed by atoms with Gasteiger partial charge in [0.05, 0.1) is 0 Å². The fourth-order valence-electron chi connectivity index (χ4n) is 1.82. The van der Waals surface area contributed by atoms with Gasteiger partial charge < -0.3 is 13.0 Å². The first-order chi connectivity index (χ1) is 7.07. The minimum absolute atomic E-state index is 0.856. The SMILES string of the molecule is CC[Si](CC)(CC)O[Si](CC)(OC)OC. The van der Waals surface area contributed by atoms with E-state index in [0.29, 0.717) is 0 Å². The van der Waals surface area contributed by atoms with Gasteiger partial charge in [-0.2, -0.15) is 0 Å². The van der Waals surface area contributed by atoms with Gasteiger partial charge in [0.2, 0.25) is 0 Å². The first kappa shape index (κ1) is 15.3. The molecule has 0 aliphatic heterocycles. The molecule has 0 aromatic carbocycles. The average molecular weight is 250 g/mol. The van der Waals surface area contributed by atoms with Crippen molar-refractivity contribution in [2.24, 2.45) is 0 Å². The van der Waals surface area contributed by atoms with Gasteiger partial charge in [-0.25, -0.2) is 0 Å². The van der Waals surface area contributed by atoms with Gasteiger partial charge in [-0.15, -0.1) is 0 Å². The maximum Gasteiger partial charge on any atom is 0.489 e. The predicted octanol–water partition coefficient (Wildman–Crippen LogP) is 3.26. The molecule has 0 radical (unpaired) electrons. The van der Waals surface area contributed by atoms with E-state index in [2.05, 4.69) is 27.7 Å². The molecule has 15 heavy (non-hydrogen) atoms. The molecule has 0 unspecified atom stereocenters. The zero-order valence-corrected chi connectivity index (χ0v) is 13.1. The topological polar surface area (TPSA) is 27.7 Å². The molecule has 5 heteroatoms. The van der Waals surface area contributed by atoms with Crippen molar-refractivity contribution in [2.75, 3.05) is 14.2 Å². The van der Waals surface area contributed by atoms with Crippen molar-refractivity contribution in [1.29, 1.82) is 0 Å². The Morgan fingerprint density at radius 3 is 1.33 bits per heavy atom. The zero-order chi connectivity index (χ0) is 11.9. The summed E-state index contributed by atoms with van der Waals surface area (Å²) in [6.45, 7) is 8.75. The second-order valence-corrected chi connectivity index (χ2v) is 12.0. The van der Waals surface area contributed by atoms with Crippen molar-refractivity contribution in [3.63, 3.8) is 0 Å². The maximum absolute atomic E-state index is 6.35. The number of hydrogen-bond acceptors (Lipinski definition) is 3. The Morgan fingerprint density at radius 1 is 0.733 bits per heavy atom. The highest BCUT2D eigenvalue weighted by molar-refractivity contribution is 6.82. The van der Waals surface area contributed by atoms with Crippen LogP contribution in [0.3, 0.4) is 0 Å². The lowest BCUT2D eigenvalue weighted by atomic mass is 10.9. The predicted molar refractivity (Wildman–Crippen MR) is 68.5 cm³/mol. The normalized spacial score (nSPS) is 13.2. The van der Waals surface area contributed by atoms with Crippen LogP contribution in [-0.2, 0) is 13.0 Å². The molecule has 92 valence electrons. The molecule has 0 aromatic heterocycles. The van der Waals surface area contributed by atoms with Crippen LogP contribution in [-0.4, -0.2) is 31.3 Å². The van der Waals surface area contributed by atoms with E-state index in [1.807, 2.05) is 0 Å². The lowest BCUT2D eigenvalue weighted by Gasteiger charge is -2.37. The Balaban J connectivity index is 4.74. The van der Waals surface area contributed by atoms with Gasteiger partial charge in [-0.3, -0.25) is 0 Å². The fourth-order valence-corrected chi connectivity index (χ4v) is 9.68. The van der Waals surface area contributed by atoms with Crippen LogP contribution in [0.15, 0.2) is 0 Å². The molecular formula is C10H26O3Si2. The highest BCUT2D eigenvalue weighted by Crippen LogP contribution is 2.28. The van der Waals surface area contributed by atoms with Gasteiger partial charge in [0.1, 0.15) is 0 Å². The second kappa shape index (κ2) is 6.80. The van der Waals surface area contributed by atoms with Crippen molar-refractivity contribution in [1.82, 2.24) is 0 Å². The van der Waals surface area contributed by atoms with Crippen molar-refractivity contribution in [3.05, 3.63) is 0 Å². The van der Waals surface area contributed by atoms with Gasteiger partial charge >= 0.3 is 8.80 Å². The molecule has 0 aliphatic rings. The standard InChI is InChI=1S/C10H26O3Si2/c1-7-14(8-2,9-3)13-15(10-4,11-5)12-6/h7-10H2,1-6H3. The highest BCUT2D eigenvalue weighted by atomic mass is 28.5. The van der Waals surface area contributed by atoms with Crippen LogP contribution in [0.4, 0.5) is 0 Å². The molecule has 0 heterocycles. The van der Waals surface area contributed by atoms with Crippen LogP contribution in [0, 0.1) is 0 Å². The first-order valence-corrected chi connectivity index (χ1v) is 10.3. The molecule has 0 spiro atoms. The van der Waals surface area contributed by atoms with Crippen molar-refractivity contribution in [2.45, 2.75) is 51.9 Å². The maximum atomic E-state index is 6.35. The van der Waals surface area contributed by atoms with Gasteiger partial charge in [-0.1, -0.05) is 27.7 Å². The Morgan fingerprint density at radius 2 is 1.13 bits per heavy atom. The summed E-state index contributed by atoms with van der Waals surface area (Å²) in [5.74, 6) is 0. The smallest absolute Gasteiger partial charge is 0.415 e. The molecule has 0 fully saturated rings. The van der Waals surface area contributed by atoms with Gasteiger partial charge in [0.15, 0.2) is 8.32 Å². The summed E-state index contributed by atoms with van der Waals surface area (Å²) in [5, 5.41) is 0. The average Bonchev–Trinajstić information content (AvgIpc) is 2.33. The number of hydrogen-bond donors (Lipinski definition) is 0. The van der Waals surface area contributed by atoms with E-state index in [1.165, 1.54) is 0 Å². The summed E-state index contributed by atoms with van der Waals surface area (Å²) in [7, 11) is -0.543. The Kier molecular flexibility index (Phi) is 6.94. The summed E-state index contributed by atoms with van der Waals surface area (Å²) < 4.78 is 17.4. The van der Waals surface area contributed by atoms with Gasteiger partial charge in [0.25, 0.3) is 0 Å². The monoisotopic (exact) mass is 250 g/mol. The molecular weight excluding hydrogens is 224 g/mol. The third-order valence-electron chi connectivity index (χ3n) is 3.36. The number of rotatable bonds is 8. The minimum atomic E-state index is -2.35. The van der Waals surface area contributed by atoms with E-state index in [9.17, 15) is 0 Å². The minimum Gasteiger partial charge on any atom is -0.415 e. The van der Waals surface area contributed by atoms with Crippen LogP contribution in [0.2, 0.25) is 24.2 Å². The fraction of sp³-hybridized carbons (Fsp3) is 1.00. The second-order valence-electron chi connectivity index (χ2n) is 3.79. The Labute approximate surface area is 96.6 Å². The Hall–Kier alpha value is 0.314. The summed E-state index contributed by atoms with van der Waals surface area (Å²) >= 11 is 0. The van der Waals surface area contributed by atoms with E-state index in [-0.39, 0.29) is 0 Å². The molecule has 0 bridgehead atoms. The van der Waals surface area contributed by atoms with Crippen molar-refractivity contribution in [3.8, 4) is 0 Å². The largest absolute Gasteiger partial charge is 0.489 e. The molecule has 0 saturated carbocycles. The molecule has 3 nitrogen and oxygen atoms in total. The van der Waals surface area contributed by atoms with Crippen LogP contribution < -0.4 is 0 Å². The molecule has 0 aromatic rings. The lowest BCUT2D eigenvalue weighted by molar-refractivity contribution is 0.157. The van der Waals surface area contributed by atoms with E-state index in [4.69, 9.17) is 13.0 Å². The van der Waals surface area contributed by atoms with Gasteiger partial charge in [0, 0.05) is 20.3 Å². The van der Waals surface area contributed by atoms with Gasteiger partial charge in [-0.05, 0) is 18.1 Å². The van der Waals surface area contributed by atoms with Crippen LogP contribution in [0.1, 0.15) is 27.7 Å². The summed E-state index contributed by atoms with van der Waals surface area (Å²) in [4.78, 5) is 0. The third-order valence-corrected chi connectivity index (χ3v) is 12.3. The molecule has 0 rings (SSSR count). The molecule has 0 aliphatic carbocycles. The Bertz CT molecular complexity index is 134. The van der Waals surface area contributed by atoms with E-state index in [0.717, 1.165) is 24.2 Å². The van der Waals surface area contributed by atoms with Crippen LogP contribution in [0.25, 0.3) is 0 Å². The van der Waals surface area contributed by atoms with Crippen molar-refractivity contribution < 1.29 is 13.0 Å². The zero-order valence-electron chi connectivity index (χ0n) is 11.1. The molecule has 0 amide bonds. The summed E-state index contributed by atoms with van der Waals surface area (Å²) in [6.07, 6.45) is 0. The van der Waals surface area contributed by atoms with Crippen molar-refractivity contribution >= 4 is 17.1 Å². The summed E-state index contributed by atoms with van der Waals surface area (Å²) in [5.41, 5.74) is 0. The molecule has 0 saturated heterocycles.